The molecule has 0 aliphatic carbocycles. The summed E-state index contributed by atoms with van der Waals surface area (Å²) in [6.07, 6.45) is 2.62. The molecule has 0 aliphatic rings. The van der Waals surface area contributed by atoms with Crippen molar-refractivity contribution in [3.63, 3.8) is 0 Å². The van der Waals surface area contributed by atoms with Gasteiger partial charge in [0.25, 0.3) is 5.91 Å². The third-order valence-corrected chi connectivity index (χ3v) is 2.04. The Hall–Kier alpha value is -2.30. The number of carbonyl (C=O) groups excluding carboxylic acids is 1. The molecule has 1 amide bonds. The van der Waals surface area contributed by atoms with E-state index in [2.05, 4.69) is 9.97 Å². The summed E-state index contributed by atoms with van der Waals surface area (Å²) in [7, 11) is 0. The van der Waals surface area contributed by atoms with E-state index < -0.39 is 11.7 Å². The Bertz CT molecular complexity index is 542. The Kier molecular flexibility index (Phi) is 2.59. The number of benzene rings is 1. The van der Waals surface area contributed by atoms with Gasteiger partial charge in [0.15, 0.2) is 0 Å². The predicted octanol–water partition coefficient (Wildman–Crippen LogP) is 1.38. The zero-order chi connectivity index (χ0) is 11.5. The molecule has 0 radical (unpaired) electrons. The Labute approximate surface area is 91.0 Å². The number of carbonyl (C=O) groups is 1. The van der Waals surface area contributed by atoms with Crippen molar-refractivity contribution >= 4 is 5.91 Å². The summed E-state index contributed by atoms with van der Waals surface area (Å²) in [5.74, 6) is -1.11. The monoisotopic (exact) mass is 217 g/mol. The van der Waals surface area contributed by atoms with E-state index >= 15 is 0 Å². The van der Waals surface area contributed by atoms with Gasteiger partial charge in [-0.25, -0.2) is 9.37 Å². The number of rotatable bonds is 2. The average Bonchev–Trinajstić information content (AvgIpc) is 2.30. The van der Waals surface area contributed by atoms with Crippen LogP contribution in [0.1, 0.15) is 10.5 Å². The third kappa shape index (κ3) is 1.88. The molecule has 1 heterocycles. The third-order valence-electron chi connectivity index (χ3n) is 2.04. The van der Waals surface area contributed by atoms with E-state index in [0.717, 1.165) is 0 Å². The minimum atomic E-state index is -0.689. The smallest absolute Gasteiger partial charge is 0.268 e. The first-order valence-corrected chi connectivity index (χ1v) is 4.55. The fourth-order valence-electron chi connectivity index (χ4n) is 1.28. The lowest BCUT2D eigenvalue weighted by Crippen LogP contribution is -2.13. The van der Waals surface area contributed by atoms with Crippen molar-refractivity contribution < 1.29 is 9.18 Å². The number of primary amides is 1. The molecular weight excluding hydrogens is 209 g/mol. The van der Waals surface area contributed by atoms with Crippen molar-refractivity contribution in [2.24, 2.45) is 5.73 Å². The number of nitrogens with zero attached hydrogens (tertiary/aromatic N) is 2. The molecule has 0 saturated heterocycles. The van der Waals surface area contributed by atoms with Crippen molar-refractivity contribution in [1.29, 1.82) is 0 Å². The average molecular weight is 217 g/mol. The highest BCUT2D eigenvalue weighted by Gasteiger charge is 2.08. The van der Waals surface area contributed by atoms with Crippen molar-refractivity contribution in [2.45, 2.75) is 0 Å². The van der Waals surface area contributed by atoms with Crippen LogP contribution >= 0.6 is 0 Å². The summed E-state index contributed by atoms with van der Waals surface area (Å²) in [6.45, 7) is 0. The number of aromatic nitrogens is 2. The van der Waals surface area contributed by atoms with Crippen molar-refractivity contribution in [3.8, 4) is 11.3 Å². The highest BCUT2D eigenvalue weighted by atomic mass is 19.1. The molecule has 80 valence electrons. The first kappa shape index (κ1) is 10.2. The molecule has 1 aromatic heterocycles. The van der Waals surface area contributed by atoms with Gasteiger partial charge in [-0.15, -0.1) is 0 Å². The molecule has 0 bridgehead atoms. The summed E-state index contributed by atoms with van der Waals surface area (Å²) in [4.78, 5) is 18.6. The van der Waals surface area contributed by atoms with Gasteiger partial charge in [-0.1, -0.05) is 12.1 Å². The van der Waals surface area contributed by atoms with Gasteiger partial charge in [-0.05, 0) is 12.1 Å². The molecule has 2 N–H and O–H groups in total. The molecule has 0 spiro atoms. The van der Waals surface area contributed by atoms with Crippen LogP contribution in [-0.4, -0.2) is 15.9 Å². The van der Waals surface area contributed by atoms with Gasteiger partial charge in [0.1, 0.15) is 11.5 Å². The zero-order valence-corrected chi connectivity index (χ0v) is 8.22. The maximum absolute atomic E-state index is 13.4. The van der Waals surface area contributed by atoms with Crippen LogP contribution in [0.15, 0.2) is 36.7 Å². The van der Waals surface area contributed by atoms with E-state index in [1.165, 1.54) is 18.5 Å². The normalized spacial score (nSPS) is 10.1. The van der Waals surface area contributed by atoms with Crippen LogP contribution in [0.3, 0.4) is 0 Å². The number of hydrogen-bond acceptors (Lipinski definition) is 3. The molecule has 0 fully saturated rings. The second-order valence-corrected chi connectivity index (χ2v) is 3.13. The first-order chi connectivity index (χ1) is 7.68. The Balaban J connectivity index is 2.53. The van der Waals surface area contributed by atoms with Gasteiger partial charge >= 0.3 is 0 Å². The molecule has 0 aliphatic heterocycles. The Morgan fingerprint density at radius 2 is 2.00 bits per heavy atom. The standard InChI is InChI=1S/C11H8FN3O/c12-8-4-2-1-3-7(8)9-5-14-6-10(15-9)11(13)16/h1-6H,(H2,13,16). The van der Waals surface area contributed by atoms with Gasteiger partial charge < -0.3 is 5.73 Å². The quantitative estimate of drug-likeness (QED) is 0.826. The van der Waals surface area contributed by atoms with E-state index in [4.69, 9.17) is 5.73 Å². The predicted molar refractivity (Wildman–Crippen MR) is 55.9 cm³/mol. The zero-order valence-electron chi connectivity index (χ0n) is 8.22. The van der Waals surface area contributed by atoms with Crippen LogP contribution in [0.4, 0.5) is 4.39 Å². The second-order valence-electron chi connectivity index (χ2n) is 3.13. The minimum Gasteiger partial charge on any atom is -0.364 e. The van der Waals surface area contributed by atoms with Crippen LogP contribution in [0, 0.1) is 5.82 Å². The van der Waals surface area contributed by atoms with Crippen LogP contribution < -0.4 is 5.73 Å². The van der Waals surface area contributed by atoms with Gasteiger partial charge in [-0.3, -0.25) is 9.78 Å². The topological polar surface area (TPSA) is 68.9 Å². The van der Waals surface area contributed by atoms with Crippen LogP contribution in [0.25, 0.3) is 11.3 Å². The van der Waals surface area contributed by atoms with Crippen molar-refractivity contribution in [3.05, 3.63) is 48.2 Å². The fraction of sp³-hybridized carbons (Fsp3) is 0. The molecule has 1 aromatic carbocycles. The van der Waals surface area contributed by atoms with E-state index in [9.17, 15) is 9.18 Å². The fourth-order valence-corrected chi connectivity index (χ4v) is 1.28. The largest absolute Gasteiger partial charge is 0.364 e. The van der Waals surface area contributed by atoms with E-state index in [1.54, 1.807) is 18.2 Å². The van der Waals surface area contributed by atoms with E-state index in [1.807, 2.05) is 0 Å². The lowest BCUT2D eigenvalue weighted by molar-refractivity contribution is 0.0995. The lowest BCUT2D eigenvalue weighted by atomic mass is 10.1. The molecule has 16 heavy (non-hydrogen) atoms. The Morgan fingerprint density at radius 1 is 1.25 bits per heavy atom. The highest BCUT2D eigenvalue weighted by molar-refractivity contribution is 5.90. The molecule has 2 aromatic rings. The SMILES string of the molecule is NC(=O)c1cncc(-c2ccccc2F)n1. The summed E-state index contributed by atoms with van der Waals surface area (Å²) in [5, 5.41) is 0. The second kappa shape index (κ2) is 4.06. The molecule has 0 atom stereocenters. The molecular formula is C11H8FN3O. The maximum Gasteiger partial charge on any atom is 0.268 e. The van der Waals surface area contributed by atoms with Crippen molar-refractivity contribution in [2.75, 3.05) is 0 Å². The molecule has 0 unspecified atom stereocenters. The molecule has 0 saturated carbocycles. The summed E-state index contributed by atoms with van der Waals surface area (Å²) >= 11 is 0. The van der Waals surface area contributed by atoms with E-state index in [0.29, 0.717) is 0 Å². The van der Waals surface area contributed by atoms with Gasteiger partial charge in [-0.2, -0.15) is 0 Å². The summed E-state index contributed by atoms with van der Waals surface area (Å²) < 4.78 is 13.4. The molecule has 2 rings (SSSR count). The van der Waals surface area contributed by atoms with Crippen molar-refractivity contribution in [1.82, 2.24) is 9.97 Å². The molecule has 4 nitrogen and oxygen atoms in total. The maximum atomic E-state index is 13.4. The first-order valence-electron chi connectivity index (χ1n) is 4.55. The molecule has 5 heteroatoms. The number of nitrogens with two attached hydrogens (primary N) is 1. The van der Waals surface area contributed by atoms with E-state index in [-0.39, 0.29) is 17.0 Å². The lowest BCUT2D eigenvalue weighted by Gasteiger charge is -2.02. The number of hydrogen-bond donors (Lipinski definition) is 1. The van der Waals surface area contributed by atoms with Gasteiger partial charge in [0, 0.05) is 5.56 Å². The van der Waals surface area contributed by atoms with Crippen LogP contribution in [0.5, 0.6) is 0 Å². The summed E-state index contributed by atoms with van der Waals surface area (Å²) in [5.41, 5.74) is 5.65. The van der Waals surface area contributed by atoms with Gasteiger partial charge in [0.2, 0.25) is 0 Å². The number of halogens is 1. The Morgan fingerprint density at radius 3 is 2.69 bits per heavy atom. The van der Waals surface area contributed by atoms with Crippen LogP contribution in [0.2, 0.25) is 0 Å². The highest BCUT2D eigenvalue weighted by Crippen LogP contribution is 2.19. The van der Waals surface area contributed by atoms with Gasteiger partial charge in [0.05, 0.1) is 18.1 Å². The summed E-state index contributed by atoms with van der Waals surface area (Å²) in [6, 6.07) is 6.12. The van der Waals surface area contributed by atoms with Crippen LogP contribution in [-0.2, 0) is 0 Å². The minimum absolute atomic E-state index is 0.0146. The number of amides is 1.